The van der Waals surface area contributed by atoms with Crippen molar-refractivity contribution in [3.05, 3.63) is 85.1 Å². The van der Waals surface area contributed by atoms with Crippen LogP contribution in [0.1, 0.15) is 181 Å². The molecule has 0 spiro atoms. The van der Waals surface area contributed by atoms with Gasteiger partial charge in [0.05, 0.1) is 6.42 Å². The molecule has 0 aromatic heterocycles. The van der Waals surface area contributed by atoms with Crippen molar-refractivity contribution in [2.75, 3.05) is 13.2 Å². The third-order valence-corrected chi connectivity index (χ3v) is 8.62. The van der Waals surface area contributed by atoms with Gasteiger partial charge in [0.2, 0.25) is 0 Å². The smallest absolute Gasteiger partial charge is 0.309 e. The standard InChI is InChI=1S/C48H78O6/c1-4-7-10-13-16-19-22-23-24-25-27-29-32-35-38-41-47(50)53-44-45(43-52-46(49)40-37-34-31-28-21-18-15-12-9-6-3)54-48(51)42-39-36-33-30-26-20-17-14-11-8-5-2/h7,10,12,14-17,19,23-24,27,29,35,38,45H,4-6,8-9,11,13,18,20-22,25-26,28,30-34,36-37,39-44H2,1-3H3/b10-7-,15-12-,17-14-,19-16-,24-23-,29-27-,38-35-. The van der Waals surface area contributed by atoms with Gasteiger partial charge in [-0.05, 0) is 83.5 Å². The average Bonchev–Trinajstić information content (AvgIpc) is 3.17. The Balaban J connectivity index is 4.54. The SMILES string of the molecule is CC/C=C\C/C=C\C/C=C\C/C=C\C/C=C\CC(=O)OCC(COC(=O)CCCCCCC/C=C\CCC)OC(=O)CCCCCCC/C=C\CCCC. The fraction of sp³-hybridized carbons (Fsp3) is 0.646. The van der Waals surface area contributed by atoms with Crippen LogP contribution < -0.4 is 0 Å². The molecule has 0 aromatic carbocycles. The zero-order chi connectivity index (χ0) is 39.4. The normalized spacial score (nSPS) is 12.9. The van der Waals surface area contributed by atoms with E-state index in [2.05, 4.69) is 93.7 Å². The summed E-state index contributed by atoms with van der Waals surface area (Å²) in [7, 11) is 0. The Labute approximate surface area is 331 Å². The van der Waals surface area contributed by atoms with Crippen LogP contribution in [0.4, 0.5) is 0 Å². The van der Waals surface area contributed by atoms with Crippen molar-refractivity contribution in [2.45, 2.75) is 187 Å². The number of ether oxygens (including phenoxy) is 3. The van der Waals surface area contributed by atoms with Gasteiger partial charge in [0.15, 0.2) is 6.10 Å². The van der Waals surface area contributed by atoms with Crippen LogP contribution in [-0.2, 0) is 28.6 Å². The lowest BCUT2D eigenvalue weighted by Gasteiger charge is -2.18. The summed E-state index contributed by atoms with van der Waals surface area (Å²) < 4.78 is 16.5. The topological polar surface area (TPSA) is 78.9 Å². The minimum Gasteiger partial charge on any atom is -0.462 e. The van der Waals surface area contributed by atoms with Gasteiger partial charge in [0.25, 0.3) is 0 Å². The second-order valence-electron chi connectivity index (χ2n) is 13.9. The highest BCUT2D eigenvalue weighted by Crippen LogP contribution is 2.12. The Morgan fingerprint density at radius 1 is 0.407 bits per heavy atom. The second kappa shape index (κ2) is 42.3. The maximum absolute atomic E-state index is 12.7. The van der Waals surface area contributed by atoms with Gasteiger partial charge < -0.3 is 14.2 Å². The monoisotopic (exact) mass is 751 g/mol. The van der Waals surface area contributed by atoms with Gasteiger partial charge in [-0.25, -0.2) is 0 Å². The highest BCUT2D eigenvalue weighted by molar-refractivity contribution is 5.72. The molecule has 306 valence electrons. The predicted octanol–water partition coefficient (Wildman–Crippen LogP) is 13.7. The lowest BCUT2D eigenvalue weighted by Crippen LogP contribution is -2.30. The van der Waals surface area contributed by atoms with Crippen molar-refractivity contribution in [3.8, 4) is 0 Å². The number of carbonyl (C=O) groups excluding carboxylic acids is 3. The van der Waals surface area contributed by atoms with E-state index in [-0.39, 0.29) is 31.6 Å². The van der Waals surface area contributed by atoms with Gasteiger partial charge in [-0.1, -0.05) is 164 Å². The lowest BCUT2D eigenvalue weighted by atomic mass is 10.1. The minimum absolute atomic E-state index is 0.116. The van der Waals surface area contributed by atoms with Crippen molar-refractivity contribution < 1.29 is 28.6 Å². The van der Waals surface area contributed by atoms with Crippen LogP contribution in [0, 0.1) is 0 Å². The molecule has 6 heteroatoms. The van der Waals surface area contributed by atoms with E-state index in [1.165, 1.54) is 38.5 Å². The summed E-state index contributed by atoms with van der Waals surface area (Å²) in [6.45, 7) is 6.28. The second-order valence-corrected chi connectivity index (χ2v) is 13.9. The van der Waals surface area contributed by atoms with Crippen molar-refractivity contribution >= 4 is 17.9 Å². The third kappa shape index (κ3) is 39.8. The van der Waals surface area contributed by atoms with E-state index in [4.69, 9.17) is 14.2 Å². The molecule has 0 bridgehead atoms. The molecule has 0 aliphatic carbocycles. The molecular weight excluding hydrogens is 673 g/mol. The number of allylic oxidation sites excluding steroid dienone is 13. The van der Waals surface area contributed by atoms with E-state index in [0.29, 0.717) is 12.8 Å². The average molecular weight is 751 g/mol. The predicted molar refractivity (Wildman–Crippen MR) is 228 cm³/mol. The molecule has 1 atom stereocenters. The minimum atomic E-state index is -0.820. The van der Waals surface area contributed by atoms with E-state index >= 15 is 0 Å². The van der Waals surface area contributed by atoms with E-state index in [0.717, 1.165) is 103 Å². The van der Waals surface area contributed by atoms with E-state index < -0.39 is 12.1 Å². The van der Waals surface area contributed by atoms with Crippen molar-refractivity contribution in [1.29, 1.82) is 0 Å². The van der Waals surface area contributed by atoms with Crippen LogP contribution >= 0.6 is 0 Å². The van der Waals surface area contributed by atoms with Crippen LogP contribution in [-0.4, -0.2) is 37.2 Å². The molecule has 0 saturated carbocycles. The Morgan fingerprint density at radius 2 is 0.833 bits per heavy atom. The first-order chi connectivity index (χ1) is 26.5. The fourth-order valence-electron chi connectivity index (χ4n) is 5.38. The summed E-state index contributed by atoms with van der Waals surface area (Å²) in [6.07, 6.45) is 53.1. The Kier molecular flexibility index (Phi) is 39.7. The molecule has 0 radical (unpaired) electrons. The molecule has 1 unspecified atom stereocenters. The highest BCUT2D eigenvalue weighted by atomic mass is 16.6. The molecular formula is C48H78O6. The van der Waals surface area contributed by atoms with Gasteiger partial charge in [0, 0.05) is 12.8 Å². The molecule has 0 heterocycles. The maximum Gasteiger partial charge on any atom is 0.309 e. The Morgan fingerprint density at radius 3 is 1.35 bits per heavy atom. The molecule has 0 aliphatic rings. The summed E-state index contributed by atoms with van der Waals surface area (Å²) in [5.41, 5.74) is 0. The summed E-state index contributed by atoms with van der Waals surface area (Å²) in [5.74, 6) is -1.08. The lowest BCUT2D eigenvalue weighted by molar-refractivity contribution is -0.166. The number of carbonyl (C=O) groups is 3. The molecule has 54 heavy (non-hydrogen) atoms. The van der Waals surface area contributed by atoms with Gasteiger partial charge in [-0.3, -0.25) is 14.4 Å². The Hall–Kier alpha value is -3.41. The van der Waals surface area contributed by atoms with Crippen molar-refractivity contribution in [2.24, 2.45) is 0 Å². The summed E-state index contributed by atoms with van der Waals surface area (Å²) >= 11 is 0. The summed E-state index contributed by atoms with van der Waals surface area (Å²) in [4.78, 5) is 37.6. The van der Waals surface area contributed by atoms with Crippen molar-refractivity contribution in [3.63, 3.8) is 0 Å². The molecule has 0 aromatic rings. The zero-order valence-corrected chi connectivity index (χ0v) is 34.7. The molecule has 0 rings (SSSR count). The van der Waals surface area contributed by atoms with Crippen LogP contribution in [0.15, 0.2) is 85.1 Å². The molecule has 0 N–H and O–H groups in total. The quantitative estimate of drug-likeness (QED) is 0.0272. The van der Waals surface area contributed by atoms with Gasteiger partial charge in [-0.15, -0.1) is 0 Å². The Bertz CT molecular complexity index is 1090. The number of esters is 3. The van der Waals surface area contributed by atoms with Crippen LogP contribution in [0.5, 0.6) is 0 Å². The van der Waals surface area contributed by atoms with Gasteiger partial charge >= 0.3 is 17.9 Å². The van der Waals surface area contributed by atoms with E-state index in [1.54, 1.807) is 6.08 Å². The number of rotatable bonds is 37. The number of hydrogen-bond acceptors (Lipinski definition) is 6. The molecule has 0 aliphatic heterocycles. The zero-order valence-electron chi connectivity index (χ0n) is 34.7. The maximum atomic E-state index is 12.7. The highest BCUT2D eigenvalue weighted by Gasteiger charge is 2.19. The first-order valence-electron chi connectivity index (χ1n) is 21.6. The van der Waals surface area contributed by atoms with E-state index in [1.807, 2.05) is 6.08 Å². The number of unbranched alkanes of at least 4 members (excludes halogenated alkanes) is 13. The van der Waals surface area contributed by atoms with Gasteiger partial charge in [0.1, 0.15) is 13.2 Å². The fourth-order valence-corrected chi connectivity index (χ4v) is 5.38. The van der Waals surface area contributed by atoms with Crippen LogP contribution in [0.25, 0.3) is 0 Å². The van der Waals surface area contributed by atoms with Gasteiger partial charge in [-0.2, -0.15) is 0 Å². The first-order valence-corrected chi connectivity index (χ1v) is 21.6. The summed E-state index contributed by atoms with van der Waals surface area (Å²) in [5, 5.41) is 0. The first kappa shape index (κ1) is 50.6. The number of hydrogen-bond donors (Lipinski definition) is 0. The summed E-state index contributed by atoms with van der Waals surface area (Å²) in [6, 6.07) is 0. The molecule has 0 saturated heterocycles. The van der Waals surface area contributed by atoms with Crippen LogP contribution in [0.3, 0.4) is 0 Å². The largest absolute Gasteiger partial charge is 0.462 e. The van der Waals surface area contributed by atoms with E-state index in [9.17, 15) is 14.4 Å². The molecule has 6 nitrogen and oxygen atoms in total. The van der Waals surface area contributed by atoms with Crippen molar-refractivity contribution in [1.82, 2.24) is 0 Å². The molecule has 0 amide bonds. The third-order valence-electron chi connectivity index (χ3n) is 8.62. The van der Waals surface area contributed by atoms with Crippen LogP contribution in [0.2, 0.25) is 0 Å². The molecule has 0 fully saturated rings.